The summed E-state index contributed by atoms with van der Waals surface area (Å²) >= 11 is 0. The second-order valence-corrected chi connectivity index (χ2v) is 6.47. The normalized spacial score (nSPS) is 20.9. The van der Waals surface area contributed by atoms with E-state index in [-0.39, 0.29) is 12.0 Å². The SMILES string of the molecule is O=C(c1cc(-c2ccccc2)n[nH]1)N1CCC(OCC2CC2)C1. The highest BCUT2D eigenvalue weighted by Crippen LogP contribution is 2.30. The van der Waals surface area contributed by atoms with E-state index in [0.29, 0.717) is 12.2 Å². The van der Waals surface area contributed by atoms with Gasteiger partial charge in [-0.05, 0) is 31.2 Å². The number of amides is 1. The molecule has 120 valence electrons. The zero-order valence-electron chi connectivity index (χ0n) is 13.1. The predicted molar refractivity (Wildman–Crippen MR) is 87.0 cm³/mol. The fourth-order valence-corrected chi connectivity index (χ4v) is 2.96. The summed E-state index contributed by atoms with van der Waals surface area (Å²) in [6, 6.07) is 11.7. The van der Waals surface area contributed by atoms with E-state index in [2.05, 4.69) is 10.2 Å². The van der Waals surface area contributed by atoms with Crippen molar-refractivity contribution >= 4 is 5.91 Å². The molecule has 1 aliphatic heterocycles. The summed E-state index contributed by atoms with van der Waals surface area (Å²) in [5, 5.41) is 7.14. The maximum Gasteiger partial charge on any atom is 0.271 e. The molecule has 5 heteroatoms. The van der Waals surface area contributed by atoms with Gasteiger partial charge in [0.15, 0.2) is 0 Å². The monoisotopic (exact) mass is 311 g/mol. The Kier molecular flexibility index (Phi) is 3.87. The lowest BCUT2D eigenvalue weighted by molar-refractivity contribution is 0.0479. The second kappa shape index (κ2) is 6.16. The number of aromatic nitrogens is 2. The molecule has 1 aliphatic carbocycles. The number of hydrogen-bond donors (Lipinski definition) is 1. The first-order valence-electron chi connectivity index (χ1n) is 8.31. The number of carbonyl (C=O) groups is 1. The molecule has 1 amide bonds. The average Bonchev–Trinajstić information content (AvgIpc) is 3.11. The summed E-state index contributed by atoms with van der Waals surface area (Å²) in [6.45, 7) is 2.30. The van der Waals surface area contributed by atoms with Crippen molar-refractivity contribution in [3.63, 3.8) is 0 Å². The van der Waals surface area contributed by atoms with Crippen molar-refractivity contribution in [2.75, 3.05) is 19.7 Å². The molecule has 1 saturated heterocycles. The van der Waals surface area contributed by atoms with Crippen LogP contribution in [0.15, 0.2) is 36.4 Å². The summed E-state index contributed by atoms with van der Waals surface area (Å²) in [4.78, 5) is 14.4. The minimum absolute atomic E-state index is 0.0113. The first kappa shape index (κ1) is 14.5. The van der Waals surface area contributed by atoms with Crippen molar-refractivity contribution in [2.24, 2.45) is 5.92 Å². The number of nitrogens with one attached hydrogen (secondary N) is 1. The summed E-state index contributed by atoms with van der Waals surface area (Å²) in [6.07, 6.45) is 3.71. The molecule has 1 aromatic carbocycles. The third-order valence-electron chi connectivity index (χ3n) is 4.57. The molecular weight excluding hydrogens is 290 g/mol. The quantitative estimate of drug-likeness (QED) is 0.923. The van der Waals surface area contributed by atoms with Crippen LogP contribution in [0, 0.1) is 5.92 Å². The molecular formula is C18H21N3O2. The van der Waals surface area contributed by atoms with E-state index < -0.39 is 0 Å². The molecule has 1 saturated carbocycles. The number of aromatic amines is 1. The molecule has 4 rings (SSSR count). The Balaban J connectivity index is 1.38. The van der Waals surface area contributed by atoms with Gasteiger partial charge in [-0.25, -0.2) is 0 Å². The molecule has 0 bridgehead atoms. The van der Waals surface area contributed by atoms with E-state index >= 15 is 0 Å². The lowest BCUT2D eigenvalue weighted by atomic mass is 10.1. The van der Waals surface area contributed by atoms with Crippen LogP contribution in [0.5, 0.6) is 0 Å². The van der Waals surface area contributed by atoms with Crippen LogP contribution < -0.4 is 0 Å². The number of carbonyl (C=O) groups excluding carboxylic acids is 1. The largest absolute Gasteiger partial charge is 0.376 e. The fourth-order valence-electron chi connectivity index (χ4n) is 2.96. The van der Waals surface area contributed by atoms with E-state index in [0.717, 1.165) is 36.7 Å². The molecule has 0 spiro atoms. The van der Waals surface area contributed by atoms with Gasteiger partial charge < -0.3 is 9.64 Å². The molecule has 5 nitrogen and oxygen atoms in total. The van der Waals surface area contributed by atoms with Crippen molar-refractivity contribution < 1.29 is 9.53 Å². The zero-order valence-corrected chi connectivity index (χ0v) is 13.1. The van der Waals surface area contributed by atoms with Crippen LogP contribution in [0.3, 0.4) is 0 Å². The Bertz CT molecular complexity index is 679. The number of rotatable bonds is 5. The van der Waals surface area contributed by atoms with E-state index in [1.165, 1.54) is 12.8 Å². The van der Waals surface area contributed by atoms with E-state index in [1.807, 2.05) is 41.3 Å². The summed E-state index contributed by atoms with van der Waals surface area (Å²) in [5.41, 5.74) is 2.36. The van der Waals surface area contributed by atoms with Gasteiger partial charge in [-0.3, -0.25) is 9.89 Å². The van der Waals surface area contributed by atoms with Gasteiger partial charge in [-0.1, -0.05) is 30.3 Å². The average molecular weight is 311 g/mol. The first-order valence-corrected chi connectivity index (χ1v) is 8.31. The third kappa shape index (κ3) is 3.29. The molecule has 1 atom stereocenters. The number of hydrogen-bond acceptors (Lipinski definition) is 3. The van der Waals surface area contributed by atoms with Gasteiger partial charge in [0.25, 0.3) is 5.91 Å². The minimum atomic E-state index is 0.0113. The Hall–Kier alpha value is -2.14. The summed E-state index contributed by atoms with van der Waals surface area (Å²) < 4.78 is 5.90. The highest BCUT2D eigenvalue weighted by Gasteiger charge is 2.30. The third-order valence-corrected chi connectivity index (χ3v) is 4.57. The predicted octanol–water partition coefficient (Wildman–Crippen LogP) is 2.72. The van der Waals surface area contributed by atoms with Gasteiger partial charge in [0.2, 0.25) is 0 Å². The fraction of sp³-hybridized carbons (Fsp3) is 0.444. The number of benzene rings is 1. The molecule has 1 unspecified atom stereocenters. The highest BCUT2D eigenvalue weighted by atomic mass is 16.5. The second-order valence-electron chi connectivity index (χ2n) is 6.47. The Morgan fingerprint density at radius 1 is 1.26 bits per heavy atom. The van der Waals surface area contributed by atoms with Crippen LogP contribution >= 0.6 is 0 Å². The number of H-pyrrole nitrogens is 1. The summed E-state index contributed by atoms with van der Waals surface area (Å²) in [7, 11) is 0. The van der Waals surface area contributed by atoms with Crippen LogP contribution in [-0.2, 0) is 4.74 Å². The van der Waals surface area contributed by atoms with Crippen molar-refractivity contribution in [2.45, 2.75) is 25.4 Å². The molecule has 1 aromatic heterocycles. The Labute approximate surface area is 135 Å². The van der Waals surface area contributed by atoms with Crippen LogP contribution in [0.2, 0.25) is 0 Å². The molecule has 2 heterocycles. The lowest BCUT2D eigenvalue weighted by Gasteiger charge is -2.15. The highest BCUT2D eigenvalue weighted by molar-refractivity contribution is 5.93. The maximum absolute atomic E-state index is 12.6. The first-order chi connectivity index (χ1) is 11.3. The van der Waals surface area contributed by atoms with Crippen LogP contribution in [0.4, 0.5) is 0 Å². The molecule has 2 aliphatic rings. The number of ether oxygens (including phenoxy) is 1. The van der Waals surface area contributed by atoms with Gasteiger partial charge in [-0.15, -0.1) is 0 Å². The number of nitrogens with zero attached hydrogens (tertiary/aromatic N) is 2. The zero-order chi connectivity index (χ0) is 15.6. The van der Waals surface area contributed by atoms with Gasteiger partial charge in [-0.2, -0.15) is 5.10 Å². The maximum atomic E-state index is 12.6. The van der Waals surface area contributed by atoms with Crippen molar-refractivity contribution in [1.29, 1.82) is 0 Å². The number of likely N-dealkylation sites (tertiary alicyclic amines) is 1. The summed E-state index contributed by atoms with van der Waals surface area (Å²) in [5.74, 6) is 0.776. The molecule has 23 heavy (non-hydrogen) atoms. The van der Waals surface area contributed by atoms with Gasteiger partial charge in [0.1, 0.15) is 5.69 Å². The van der Waals surface area contributed by atoms with Crippen LogP contribution in [-0.4, -0.2) is 46.8 Å². The molecule has 2 fully saturated rings. The van der Waals surface area contributed by atoms with Gasteiger partial charge >= 0.3 is 0 Å². The van der Waals surface area contributed by atoms with Gasteiger partial charge in [0, 0.05) is 25.3 Å². The Morgan fingerprint density at radius 3 is 2.87 bits per heavy atom. The van der Waals surface area contributed by atoms with Crippen molar-refractivity contribution in [3.05, 3.63) is 42.1 Å². The van der Waals surface area contributed by atoms with Gasteiger partial charge in [0.05, 0.1) is 11.8 Å². The standard InChI is InChI=1S/C18H21N3O2/c22-18(21-9-8-15(11-21)23-12-13-6-7-13)17-10-16(19-20-17)14-4-2-1-3-5-14/h1-5,10,13,15H,6-9,11-12H2,(H,19,20). The molecule has 1 N–H and O–H groups in total. The molecule has 0 radical (unpaired) electrons. The van der Waals surface area contributed by atoms with Crippen LogP contribution in [0.25, 0.3) is 11.3 Å². The minimum Gasteiger partial charge on any atom is -0.376 e. The smallest absolute Gasteiger partial charge is 0.271 e. The lowest BCUT2D eigenvalue weighted by Crippen LogP contribution is -2.30. The topological polar surface area (TPSA) is 58.2 Å². The van der Waals surface area contributed by atoms with E-state index in [1.54, 1.807) is 0 Å². The Morgan fingerprint density at radius 2 is 2.09 bits per heavy atom. The molecule has 2 aromatic rings. The van der Waals surface area contributed by atoms with Crippen molar-refractivity contribution in [1.82, 2.24) is 15.1 Å². The van der Waals surface area contributed by atoms with E-state index in [4.69, 9.17) is 4.74 Å². The van der Waals surface area contributed by atoms with Crippen LogP contribution in [0.1, 0.15) is 29.8 Å². The van der Waals surface area contributed by atoms with E-state index in [9.17, 15) is 4.79 Å². The van der Waals surface area contributed by atoms with Crippen molar-refractivity contribution in [3.8, 4) is 11.3 Å².